The van der Waals surface area contributed by atoms with Gasteiger partial charge < -0.3 is 14.4 Å². The van der Waals surface area contributed by atoms with E-state index >= 15 is 0 Å². The van der Waals surface area contributed by atoms with Crippen LogP contribution < -0.4 is 0 Å². The number of likely N-dealkylation sites (tertiary alicyclic amines) is 1. The Kier molecular flexibility index (Phi) is 3.88. The molecule has 0 bridgehead atoms. The molecule has 0 aromatic rings. The molecule has 4 atom stereocenters. The Morgan fingerprint density at radius 1 is 1.37 bits per heavy atom. The van der Waals surface area contributed by atoms with Crippen molar-refractivity contribution in [1.29, 1.82) is 0 Å². The van der Waals surface area contributed by atoms with Gasteiger partial charge in [-0.05, 0) is 51.4 Å². The number of hydrogen-bond donors (Lipinski definition) is 0. The van der Waals surface area contributed by atoms with Crippen LogP contribution in [0, 0.1) is 23.7 Å². The normalized spacial score (nSPS) is 34.8. The van der Waals surface area contributed by atoms with Crippen molar-refractivity contribution < 1.29 is 14.3 Å². The highest BCUT2D eigenvalue weighted by atomic mass is 16.6. The highest BCUT2D eigenvalue weighted by Gasteiger charge is 2.51. The maximum atomic E-state index is 12.1. The summed E-state index contributed by atoms with van der Waals surface area (Å²) in [4.78, 5) is 24.8. The van der Waals surface area contributed by atoms with Gasteiger partial charge >= 0.3 is 6.09 Å². The third-order valence-corrected chi connectivity index (χ3v) is 4.33. The molecule has 4 unspecified atom stereocenters. The zero-order valence-corrected chi connectivity index (χ0v) is 12.4. The van der Waals surface area contributed by atoms with Gasteiger partial charge in [-0.2, -0.15) is 0 Å². The minimum atomic E-state index is -0.442. The minimum absolute atomic E-state index is 0.212. The van der Waals surface area contributed by atoms with Gasteiger partial charge in [-0.3, -0.25) is 0 Å². The average molecular weight is 267 g/mol. The summed E-state index contributed by atoms with van der Waals surface area (Å²) in [6.07, 6.45) is 3.01. The lowest BCUT2D eigenvalue weighted by molar-refractivity contribution is -0.109. The van der Waals surface area contributed by atoms with Gasteiger partial charge in [-0.25, -0.2) is 4.79 Å². The Hall–Kier alpha value is -1.06. The highest BCUT2D eigenvalue weighted by molar-refractivity contribution is 5.68. The zero-order valence-electron chi connectivity index (χ0n) is 12.4. The molecular formula is C15H25NO3. The van der Waals surface area contributed by atoms with Crippen LogP contribution in [0.4, 0.5) is 4.79 Å². The molecule has 1 amide bonds. The van der Waals surface area contributed by atoms with Crippen LogP contribution in [-0.4, -0.2) is 36.0 Å². The van der Waals surface area contributed by atoms with Crippen molar-refractivity contribution in [3.05, 3.63) is 0 Å². The van der Waals surface area contributed by atoms with Gasteiger partial charge in [0.1, 0.15) is 11.9 Å². The van der Waals surface area contributed by atoms with E-state index in [9.17, 15) is 9.59 Å². The molecule has 1 saturated carbocycles. The quantitative estimate of drug-likeness (QED) is 0.723. The molecule has 2 fully saturated rings. The van der Waals surface area contributed by atoms with Crippen molar-refractivity contribution in [3.63, 3.8) is 0 Å². The molecule has 0 aromatic carbocycles. The standard InChI is InChI=1S/C15H25NO3/c1-10-12(9-17)13(10)11-6-5-7-16(8-11)14(18)19-15(2,3)4/h9-13H,5-8H2,1-4H3. The van der Waals surface area contributed by atoms with E-state index in [0.717, 1.165) is 32.2 Å². The van der Waals surface area contributed by atoms with Crippen molar-refractivity contribution in [1.82, 2.24) is 4.90 Å². The second kappa shape index (κ2) is 5.14. The van der Waals surface area contributed by atoms with Crippen LogP contribution in [0.25, 0.3) is 0 Å². The molecule has 0 radical (unpaired) electrons. The zero-order chi connectivity index (χ0) is 14.2. The topological polar surface area (TPSA) is 46.6 Å². The van der Waals surface area contributed by atoms with Gasteiger partial charge in [0.2, 0.25) is 0 Å². The lowest BCUT2D eigenvalue weighted by Gasteiger charge is -2.34. The summed E-state index contributed by atoms with van der Waals surface area (Å²) in [5.41, 5.74) is -0.442. The fourth-order valence-electron chi connectivity index (χ4n) is 3.30. The lowest BCUT2D eigenvalue weighted by Crippen LogP contribution is -2.43. The van der Waals surface area contributed by atoms with Crippen molar-refractivity contribution in [2.75, 3.05) is 13.1 Å². The van der Waals surface area contributed by atoms with E-state index in [2.05, 4.69) is 6.92 Å². The van der Waals surface area contributed by atoms with Gasteiger partial charge in [-0.1, -0.05) is 6.92 Å². The van der Waals surface area contributed by atoms with E-state index in [0.29, 0.717) is 17.8 Å². The minimum Gasteiger partial charge on any atom is -0.444 e. The van der Waals surface area contributed by atoms with Crippen LogP contribution in [-0.2, 0) is 9.53 Å². The molecule has 1 saturated heterocycles. The van der Waals surface area contributed by atoms with Gasteiger partial charge in [0.15, 0.2) is 0 Å². The molecule has 0 spiro atoms. The van der Waals surface area contributed by atoms with E-state index < -0.39 is 5.60 Å². The first-order valence-electron chi connectivity index (χ1n) is 7.26. The highest BCUT2D eigenvalue weighted by Crippen LogP contribution is 2.51. The lowest BCUT2D eigenvalue weighted by atomic mass is 9.92. The van der Waals surface area contributed by atoms with Crippen molar-refractivity contribution in [2.24, 2.45) is 23.7 Å². The summed E-state index contributed by atoms with van der Waals surface area (Å²) in [7, 11) is 0. The van der Waals surface area contributed by atoms with Gasteiger partial charge in [0.05, 0.1) is 0 Å². The van der Waals surface area contributed by atoms with Crippen LogP contribution in [0.15, 0.2) is 0 Å². The number of nitrogens with zero attached hydrogens (tertiary/aromatic N) is 1. The molecule has 2 rings (SSSR count). The third kappa shape index (κ3) is 3.28. The summed E-state index contributed by atoms with van der Waals surface area (Å²) in [6, 6.07) is 0. The smallest absolute Gasteiger partial charge is 0.410 e. The van der Waals surface area contributed by atoms with E-state index in [1.165, 1.54) is 0 Å². The second-order valence-electron chi connectivity index (χ2n) is 6.98. The predicted molar refractivity (Wildman–Crippen MR) is 72.7 cm³/mol. The molecule has 4 nitrogen and oxygen atoms in total. The molecule has 19 heavy (non-hydrogen) atoms. The van der Waals surface area contributed by atoms with Crippen LogP contribution in [0.2, 0.25) is 0 Å². The Labute approximate surface area is 115 Å². The second-order valence-corrected chi connectivity index (χ2v) is 6.98. The molecule has 2 aliphatic rings. The summed E-state index contributed by atoms with van der Waals surface area (Å²) < 4.78 is 5.42. The predicted octanol–water partition coefficient (Wildman–Crippen LogP) is 2.71. The molecule has 4 heteroatoms. The van der Waals surface area contributed by atoms with E-state index in [4.69, 9.17) is 4.74 Å². The molecule has 0 aromatic heterocycles. The molecule has 108 valence electrons. The van der Waals surface area contributed by atoms with Gasteiger partial charge in [0, 0.05) is 19.0 Å². The van der Waals surface area contributed by atoms with E-state index in [-0.39, 0.29) is 12.0 Å². The number of carbonyl (C=O) groups excluding carboxylic acids is 2. The Balaban J connectivity index is 1.91. The number of piperidine rings is 1. The Bertz CT molecular complexity index is 361. The molecular weight excluding hydrogens is 242 g/mol. The Morgan fingerprint density at radius 2 is 2.05 bits per heavy atom. The maximum Gasteiger partial charge on any atom is 0.410 e. The molecule has 0 N–H and O–H groups in total. The summed E-state index contributed by atoms with van der Waals surface area (Å²) >= 11 is 0. The van der Waals surface area contributed by atoms with Gasteiger partial charge in [0.25, 0.3) is 0 Å². The molecule has 1 aliphatic carbocycles. The van der Waals surface area contributed by atoms with Crippen molar-refractivity contribution >= 4 is 12.4 Å². The maximum absolute atomic E-state index is 12.1. The Morgan fingerprint density at radius 3 is 2.58 bits per heavy atom. The average Bonchev–Trinajstić information content (AvgIpc) is 2.98. The number of rotatable bonds is 2. The number of aldehydes is 1. The number of carbonyl (C=O) groups is 2. The van der Waals surface area contributed by atoms with Crippen molar-refractivity contribution in [2.45, 2.75) is 46.1 Å². The summed E-state index contributed by atoms with van der Waals surface area (Å²) in [6.45, 7) is 9.32. The van der Waals surface area contributed by atoms with Crippen molar-refractivity contribution in [3.8, 4) is 0 Å². The van der Waals surface area contributed by atoms with Gasteiger partial charge in [-0.15, -0.1) is 0 Å². The largest absolute Gasteiger partial charge is 0.444 e. The van der Waals surface area contributed by atoms with Crippen LogP contribution in [0.1, 0.15) is 40.5 Å². The SMILES string of the molecule is CC1C(C=O)C1C1CCCN(C(=O)OC(C)(C)C)C1. The summed E-state index contributed by atoms with van der Waals surface area (Å²) in [5, 5.41) is 0. The first-order chi connectivity index (χ1) is 8.83. The third-order valence-electron chi connectivity index (χ3n) is 4.33. The number of hydrogen-bond acceptors (Lipinski definition) is 3. The van der Waals surface area contributed by atoms with Crippen LogP contribution in [0.5, 0.6) is 0 Å². The monoisotopic (exact) mass is 267 g/mol. The van der Waals surface area contributed by atoms with Crippen LogP contribution in [0.3, 0.4) is 0 Å². The first kappa shape index (κ1) is 14.4. The molecule has 1 heterocycles. The van der Waals surface area contributed by atoms with E-state index in [1.54, 1.807) is 0 Å². The number of amides is 1. The number of ether oxygens (including phenoxy) is 1. The van der Waals surface area contributed by atoms with Crippen LogP contribution >= 0.6 is 0 Å². The first-order valence-corrected chi connectivity index (χ1v) is 7.26. The summed E-state index contributed by atoms with van der Waals surface area (Å²) in [5.74, 6) is 1.64. The fourth-order valence-corrected chi connectivity index (χ4v) is 3.30. The van der Waals surface area contributed by atoms with E-state index in [1.807, 2.05) is 25.7 Å². The fraction of sp³-hybridized carbons (Fsp3) is 0.867. The molecule has 1 aliphatic heterocycles.